The smallest absolute Gasteiger partial charge is 0.155 e. The van der Waals surface area contributed by atoms with E-state index in [9.17, 15) is 4.79 Å². The van der Waals surface area contributed by atoms with Gasteiger partial charge in [-0.25, -0.2) is 0 Å². The van der Waals surface area contributed by atoms with Crippen LogP contribution in [0.25, 0.3) is 0 Å². The maximum absolute atomic E-state index is 10.6. The average molecular weight is 299 g/mol. The number of hydrogen-bond donors (Lipinski definition) is 1. The maximum Gasteiger partial charge on any atom is 0.155 e. The number of anilines is 1. The molecule has 1 N–H and O–H groups in total. The van der Waals surface area contributed by atoms with Crippen LogP contribution in [-0.2, 0) is 14.3 Å². The lowest BCUT2D eigenvalue weighted by atomic mass is 10.3. The molecule has 0 heterocycles. The second-order valence-corrected chi connectivity index (χ2v) is 3.99. The van der Waals surface area contributed by atoms with Crippen molar-refractivity contribution in [2.24, 2.45) is 0 Å². The van der Waals surface area contributed by atoms with E-state index in [0.29, 0.717) is 26.4 Å². The summed E-state index contributed by atoms with van der Waals surface area (Å²) in [5.74, 6) is 0.837. The summed E-state index contributed by atoms with van der Waals surface area (Å²) in [5.41, 5.74) is 1.05. The Morgan fingerprint density at radius 2 is 1.62 bits per heavy atom. The molecule has 122 valence electrons. The average Bonchev–Trinajstić information content (AvgIpc) is 2.52. The summed E-state index contributed by atoms with van der Waals surface area (Å²) in [6.45, 7) is 7.53. The lowest BCUT2D eigenvalue weighted by molar-refractivity contribution is -0.122. The van der Waals surface area contributed by atoms with Gasteiger partial charge in [-0.1, -0.05) is 13.8 Å². The van der Waals surface area contributed by atoms with Gasteiger partial charge in [-0.05, 0) is 31.2 Å². The van der Waals surface area contributed by atoms with Gasteiger partial charge in [0.05, 0.1) is 19.8 Å². The Balaban J connectivity index is 0. The Labute approximate surface area is 129 Å². The third-order valence-electron chi connectivity index (χ3n) is 2.32. The summed E-state index contributed by atoms with van der Waals surface area (Å²) in [7, 11) is 1.87. The van der Waals surface area contributed by atoms with Crippen molar-refractivity contribution in [3.05, 3.63) is 24.3 Å². The largest absolute Gasteiger partial charge is 0.491 e. The zero-order valence-corrected chi connectivity index (χ0v) is 13.5. The normalized spacial score (nSPS) is 9.52. The first-order valence-corrected chi connectivity index (χ1v) is 7.28. The molecule has 1 aromatic carbocycles. The molecule has 0 aliphatic rings. The first kappa shape index (κ1) is 19.4. The highest BCUT2D eigenvalue weighted by Gasteiger charge is 1.96. The minimum absolute atomic E-state index is 0. The molecule has 0 saturated carbocycles. The van der Waals surface area contributed by atoms with Gasteiger partial charge in [0, 0.05) is 14.2 Å². The van der Waals surface area contributed by atoms with Crippen molar-refractivity contribution in [2.45, 2.75) is 20.8 Å². The molecule has 0 aliphatic carbocycles. The SMILES string of the molecule is CC.CNc1ccc(OCCOCCOCC(C)=O)cc1.[HH]. The van der Waals surface area contributed by atoms with Crippen molar-refractivity contribution in [3.8, 4) is 5.75 Å². The van der Waals surface area contributed by atoms with E-state index in [1.54, 1.807) is 0 Å². The van der Waals surface area contributed by atoms with Crippen LogP contribution in [0, 0.1) is 0 Å². The lowest BCUT2D eigenvalue weighted by Crippen LogP contribution is -2.13. The van der Waals surface area contributed by atoms with E-state index >= 15 is 0 Å². The van der Waals surface area contributed by atoms with E-state index in [1.807, 2.05) is 45.2 Å². The Morgan fingerprint density at radius 1 is 1.05 bits per heavy atom. The van der Waals surface area contributed by atoms with Crippen LogP contribution in [0.3, 0.4) is 0 Å². The zero-order valence-electron chi connectivity index (χ0n) is 13.5. The number of ether oxygens (including phenoxy) is 3. The molecule has 0 unspecified atom stereocenters. The Kier molecular flexibility index (Phi) is 12.4. The molecule has 0 saturated heterocycles. The van der Waals surface area contributed by atoms with Crippen molar-refractivity contribution < 1.29 is 20.4 Å². The Morgan fingerprint density at radius 3 is 2.19 bits per heavy atom. The van der Waals surface area contributed by atoms with Crippen molar-refractivity contribution in [2.75, 3.05) is 45.4 Å². The van der Waals surface area contributed by atoms with Gasteiger partial charge in [0.25, 0.3) is 0 Å². The van der Waals surface area contributed by atoms with E-state index in [4.69, 9.17) is 14.2 Å². The monoisotopic (exact) mass is 299 g/mol. The number of ketones is 1. The van der Waals surface area contributed by atoms with Crippen LogP contribution in [0.4, 0.5) is 5.69 Å². The van der Waals surface area contributed by atoms with Crippen molar-refractivity contribution in [1.29, 1.82) is 0 Å². The van der Waals surface area contributed by atoms with Crippen LogP contribution in [0.2, 0.25) is 0 Å². The first-order chi connectivity index (χ1) is 10.2. The van der Waals surface area contributed by atoms with Crippen LogP contribution in [0.5, 0.6) is 5.75 Å². The van der Waals surface area contributed by atoms with E-state index < -0.39 is 0 Å². The Hall–Kier alpha value is -1.59. The summed E-state index contributed by atoms with van der Waals surface area (Å²) in [4.78, 5) is 10.6. The van der Waals surface area contributed by atoms with E-state index in [1.165, 1.54) is 6.92 Å². The molecule has 1 rings (SSSR count). The molecule has 0 spiro atoms. The van der Waals surface area contributed by atoms with Gasteiger partial charge in [-0.3, -0.25) is 4.79 Å². The van der Waals surface area contributed by atoms with Crippen LogP contribution in [0.1, 0.15) is 22.2 Å². The number of hydrogen-bond acceptors (Lipinski definition) is 5. The summed E-state index contributed by atoms with van der Waals surface area (Å²) >= 11 is 0. The zero-order chi connectivity index (χ0) is 15.9. The molecule has 0 aromatic heterocycles. The first-order valence-electron chi connectivity index (χ1n) is 7.28. The lowest BCUT2D eigenvalue weighted by Gasteiger charge is -2.08. The Bertz CT molecular complexity index is 371. The highest BCUT2D eigenvalue weighted by molar-refractivity contribution is 5.76. The molecule has 0 radical (unpaired) electrons. The molecule has 5 nitrogen and oxygen atoms in total. The molecule has 0 bridgehead atoms. The van der Waals surface area contributed by atoms with Crippen LogP contribution >= 0.6 is 0 Å². The quantitative estimate of drug-likeness (QED) is 0.673. The van der Waals surface area contributed by atoms with Crippen molar-refractivity contribution in [1.82, 2.24) is 0 Å². The summed E-state index contributed by atoms with van der Waals surface area (Å²) in [5, 5.41) is 3.04. The number of carbonyl (C=O) groups is 1. The number of benzene rings is 1. The standard InChI is InChI=1S/C14H21NO4.C2H6.H2/c1-12(16)11-18-8-7-17-9-10-19-14-5-3-13(15-2)4-6-14;1-2;/h3-6,15H,7-11H2,1-2H3;1-2H3;1H. The van der Waals surface area contributed by atoms with Crippen molar-refractivity contribution >= 4 is 11.5 Å². The second kappa shape index (κ2) is 13.4. The summed E-state index contributed by atoms with van der Waals surface area (Å²) < 4.78 is 15.9. The maximum atomic E-state index is 10.6. The van der Waals surface area contributed by atoms with E-state index in [2.05, 4.69) is 5.32 Å². The third-order valence-corrected chi connectivity index (χ3v) is 2.32. The van der Waals surface area contributed by atoms with E-state index in [0.717, 1.165) is 11.4 Å². The molecule has 0 atom stereocenters. The minimum Gasteiger partial charge on any atom is -0.491 e. The minimum atomic E-state index is 0. The number of carbonyl (C=O) groups excluding carboxylic acids is 1. The predicted octanol–water partition coefficient (Wildman–Crippen LogP) is 3.00. The molecule has 0 amide bonds. The molecular weight excluding hydrogens is 270 g/mol. The van der Waals surface area contributed by atoms with Crippen molar-refractivity contribution in [3.63, 3.8) is 0 Å². The van der Waals surface area contributed by atoms with Crippen LogP contribution in [0.15, 0.2) is 24.3 Å². The highest BCUT2D eigenvalue weighted by atomic mass is 16.5. The van der Waals surface area contributed by atoms with Gasteiger partial charge in [0.1, 0.15) is 19.0 Å². The summed E-state index contributed by atoms with van der Waals surface area (Å²) in [6, 6.07) is 7.71. The number of Topliss-reactive ketones (excluding diaryl/α,β-unsaturated/α-hetero) is 1. The van der Waals surface area contributed by atoms with E-state index in [-0.39, 0.29) is 13.8 Å². The fraction of sp³-hybridized carbons (Fsp3) is 0.562. The topological polar surface area (TPSA) is 56.8 Å². The molecular formula is C16H29NO4. The van der Waals surface area contributed by atoms with Gasteiger partial charge in [0.2, 0.25) is 0 Å². The van der Waals surface area contributed by atoms with Gasteiger partial charge < -0.3 is 19.5 Å². The molecule has 5 heteroatoms. The molecule has 21 heavy (non-hydrogen) atoms. The highest BCUT2D eigenvalue weighted by Crippen LogP contribution is 2.14. The van der Waals surface area contributed by atoms with Gasteiger partial charge in [-0.15, -0.1) is 0 Å². The fourth-order valence-corrected chi connectivity index (χ4v) is 1.37. The van der Waals surface area contributed by atoms with Gasteiger partial charge in [0.15, 0.2) is 5.78 Å². The molecule has 1 aromatic rings. The number of rotatable bonds is 10. The molecule has 0 fully saturated rings. The second-order valence-electron chi connectivity index (χ2n) is 3.99. The van der Waals surface area contributed by atoms with Crippen LogP contribution < -0.4 is 10.1 Å². The number of nitrogens with one attached hydrogen (secondary N) is 1. The molecule has 0 aliphatic heterocycles. The van der Waals surface area contributed by atoms with Crippen LogP contribution in [-0.4, -0.2) is 45.9 Å². The summed E-state index contributed by atoms with van der Waals surface area (Å²) in [6.07, 6.45) is 0. The van der Waals surface area contributed by atoms with Gasteiger partial charge in [-0.2, -0.15) is 0 Å². The van der Waals surface area contributed by atoms with Gasteiger partial charge >= 0.3 is 0 Å². The third kappa shape index (κ3) is 10.8. The predicted molar refractivity (Wildman–Crippen MR) is 87.3 cm³/mol. The fourth-order valence-electron chi connectivity index (χ4n) is 1.37.